The molecule has 1 aliphatic rings. The molecule has 2 heterocycles. The van der Waals surface area contributed by atoms with Gasteiger partial charge in [-0.1, -0.05) is 0 Å². The standard InChI is InChI=1S/C15H24N4O/c1-18(9-4-13-2-7-17-8-3-13)15(20)12-19-10-5-14(16)6-11-19/h2-3,7-8,14H,4-6,9-12,16H2,1H3. The van der Waals surface area contributed by atoms with Crippen molar-refractivity contribution in [3.63, 3.8) is 0 Å². The van der Waals surface area contributed by atoms with Crippen molar-refractivity contribution in [3.8, 4) is 0 Å². The first-order chi connectivity index (χ1) is 9.65. The van der Waals surface area contributed by atoms with Crippen molar-refractivity contribution >= 4 is 5.91 Å². The predicted molar refractivity (Wildman–Crippen MR) is 79.2 cm³/mol. The molecule has 5 heteroatoms. The Balaban J connectivity index is 1.72. The lowest BCUT2D eigenvalue weighted by atomic mass is 10.1. The average Bonchev–Trinajstić information content (AvgIpc) is 2.48. The molecule has 20 heavy (non-hydrogen) atoms. The summed E-state index contributed by atoms with van der Waals surface area (Å²) in [5.74, 6) is 0.189. The Hall–Kier alpha value is -1.46. The number of likely N-dealkylation sites (tertiary alicyclic amines) is 1. The highest BCUT2D eigenvalue weighted by atomic mass is 16.2. The minimum atomic E-state index is 0.189. The molecular formula is C15H24N4O. The van der Waals surface area contributed by atoms with Crippen molar-refractivity contribution < 1.29 is 4.79 Å². The van der Waals surface area contributed by atoms with Crippen LogP contribution < -0.4 is 5.73 Å². The Morgan fingerprint density at radius 1 is 1.40 bits per heavy atom. The third-order valence-electron chi connectivity index (χ3n) is 3.90. The number of piperidine rings is 1. The van der Waals surface area contributed by atoms with Crippen LogP contribution in [0.4, 0.5) is 0 Å². The van der Waals surface area contributed by atoms with Crippen molar-refractivity contribution in [2.45, 2.75) is 25.3 Å². The van der Waals surface area contributed by atoms with Gasteiger partial charge in [0.2, 0.25) is 5.91 Å². The fourth-order valence-electron chi connectivity index (χ4n) is 2.39. The van der Waals surface area contributed by atoms with Gasteiger partial charge in [-0.3, -0.25) is 14.7 Å². The summed E-state index contributed by atoms with van der Waals surface area (Å²) in [6.45, 7) is 3.13. The molecule has 1 saturated heterocycles. The zero-order valence-electron chi connectivity index (χ0n) is 12.2. The van der Waals surface area contributed by atoms with E-state index in [0.717, 1.165) is 38.9 Å². The van der Waals surface area contributed by atoms with Crippen molar-refractivity contribution in [2.24, 2.45) is 5.73 Å². The first kappa shape index (κ1) is 14.9. The number of nitrogens with zero attached hydrogens (tertiary/aromatic N) is 3. The van der Waals surface area contributed by atoms with Gasteiger partial charge in [-0.05, 0) is 37.0 Å². The maximum atomic E-state index is 12.2. The number of aromatic nitrogens is 1. The van der Waals surface area contributed by atoms with E-state index in [-0.39, 0.29) is 5.91 Å². The van der Waals surface area contributed by atoms with Crippen molar-refractivity contribution in [1.82, 2.24) is 14.8 Å². The molecule has 0 saturated carbocycles. The zero-order valence-corrected chi connectivity index (χ0v) is 12.2. The molecule has 2 N–H and O–H groups in total. The van der Waals surface area contributed by atoms with E-state index in [0.29, 0.717) is 12.6 Å². The van der Waals surface area contributed by atoms with E-state index in [1.165, 1.54) is 5.56 Å². The molecule has 0 bridgehead atoms. The molecule has 1 aliphatic heterocycles. The lowest BCUT2D eigenvalue weighted by molar-refractivity contribution is -0.131. The van der Waals surface area contributed by atoms with Gasteiger partial charge < -0.3 is 10.6 Å². The SMILES string of the molecule is CN(CCc1ccncc1)C(=O)CN1CCC(N)CC1. The number of nitrogens with two attached hydrogens (primary N) is 1. The molecule has 1 aromatic rings. The molecule has 1 amide bonds. The molecule has 110 valence electrons. The van der Waals surface area contributed by atoms with Gasteiger partial charge >= 0.3 is 0 Å². The quantitative estimate of drug-likeness (QED) is 0.851. The van der Waals surface area contributed by atoms with Gasteiger partial charge in [-0.15, -0.1) is 0 Å². The number of hydrogen-bond acceptors (Lipinski definition) is 4. The first-order valence-electron chi connectivity index (χ1n) is 7.26. The van der Waals surface area contributed by atoms with E-state index >= 15 is 0 Å². The zero-order chi connectivity index (χ0) is 14.4. The average molecular weight is 276 g/mol. The van der Waals surface area contributed by atoms with Gasteiger partial charge in [0.15, 0.2) is 0 Å². The van der Waals surface area contributed by atoms with Crippen LogP contribution in [0.25, 0.3) is 0 Å². The predicted octanol–water partition coefficient (Wildman–Crippen LogP) is 0.506. The summed E-state index contributed by atoms with van der Waals surface area (Å²) in [6.07, 6.45) is 6.43. The molecule has 2 rings (SSSR count). The summed E-state index contributed by atoms with van der Waals surface area (Å²) in [4.78, 5) is 20.2. The van der Waals surface area contributed by atoms with E-state index < -0.39 is 0 Å². The monoisotopic (exact) mass is 276 g/mol. The molecular weight excluding hydrogens is 252 g/mol. The van der Waals surface area contributed by atoms with Gasteiger partial charge in [0, 0.05) is 45.1 Å². The first-order valence-corrected chi connectivity index (χ1v) is 7.26. The number of hydrogen-bond donors (Lipinski definition) is 1. The van der Waals surface area contributed by atoms with Crippen LogP contribution in [-0.4, -0.2) is 60.0 Å². The molecule has 1 aromatic heterocycles. The van der Waals surface area contributed by atoms with Crippen LogP contribution in [-0.2, 0) is 11.2 Å². The van der Waals surface area contributed by atoms with E-state index in [4.69, 9.17) is 5.73 Å². The van der Waals surface area contributed by atoms with Gasteiger partial charge in [0.05, 0.1) is 6.54 Å². The van der Waals surface area contributed by atoms with Gasteiger partial charge in [0.1, 0.15) is 0 Å². The summed E-state index contributed by atoms with van der Waals surface area (Å²) in [7, 11) is 1.87. The Kier molecular flexibility index (Phi) is 5.49. The summed E-state index contributed by atoms with van der Waals surface area (Å²) < 4.78 is 0. The molecule has 0 atom stereocenters. The molecule has 1 fully saturated rings. The second-order valence-corrected chi connectivity index (χ2v) is 5.53. The van der Waals surface area contributed by atoms with Crippen molar-refractivity contribution in [3.05, 3.63) is 30.1 Å². The summed E-state index contributed by atoms with van der Waals surface area (Å²) in [5.41, 5.74) is 7.08. The highest BCUT2D eigenvalue weighted by Crippen LogP contribution is 2.08. The highest BCUT2D eigenvalue weighted by molar-refractivity contribution is 5.78. The second kappa shape index (κ2) is 7.36. The summed E-state index contributed by atoms with van der Waals surface area (Å²) >= 11 is 0. The van der Waals surface area contributed by atoms with Crippen LogP contribution in [0, 0.1) is 0 Å². The minimum Gasteiger partial charge on any atom is -0.344 e. The van der Waals surface area contributed by atoms with Crippen LogP contribution in [0.2, 0.25) is 0 Å². The molecule has 0 aliphatic carbocycles. The second-order valence-electron chi connectivity index (χ2n) is 5.53. The Bertz CT molecular complexity index is 415. The van der Waals surface area contributed by atoms with Crippen LogP contribution in [0.1, 0.15) is 18.4 Å². The van der Waals surface area contributed by atoms with Crippen LogP contribution in [0.5, 0.6) is 0 Å². The largest absolute Gasteiger partial charge is 0.344 e. The van der Waals surface area contributed by atoms with E-state index in [9.17, 15) is 4.79 Å². The smallest absolute Gasteiger partial charge is 0.236 e. The number of likely N-dealkylation sites (N-methyl/N-ethyl adjacent to an activating group) is 1. The molecule has 0 aromatic carbocycles. The third-order valence-corrected chi connectivity index (χ3v) is 3.90. The molecule has 0 radical (unpaired) electrons. The van der Waals surface area contributed by atoms with Gasteiger partial charge in [0.25, 0.3) is 0 Å². The number of carbonyl (C=O) groups excluding carboxylic acids is 1. The lowest BCUT2D eigenvalue weighted by Crippen LogP contribution is -2.45. The van der Waals surface area contributed by atoms with Crippen LogP contribution in [0.15, 0.2) is 24.5 Å². The normalized spacial score (nSPS) is 17.1. The van der Waals surface area contributed by atoms with Crippen LogP contribution in [0.3, 0.4) is 0 Å². The summed E-state index contributed by atoms with van der Waals surface area (Å²) in [6, 6.07) is 4.29. The molecule has 5 nitrogen and oxygen atoms in total. The Morgan fingerprint density at radius 3 is 2.70 bits per heavy atom. The van der Waals surface area contributed by atoms with E-state index in [1.807, 2.05) is 24.1 Å². The molecule has 0 unspecified atom stereocenters. The van der Waals surface area contributed by atoms with E-state index in [2.05, 4.69) is 9.88 Å². The van der Waals surface area contributed by atoms with Gasteiger partial charge in [-0.2, -0.15) is 0 Å². The topological polar surface area (TPSA) is 62.5 Å². The Morgan fingerprint density at radius 2 is 2.05 bits per heavy atom. The lowest BCUT2D eigenvalue weighted by Gasteiger charge is -2.30. The number of carbonyl (C=O) groups is 1. The maximum Gasteiger partial charge on any atom is 0.236 e. The summed E-state index contributed by atoms with van der Waals surface area (Å²) in [5, 5.41) is 0. The van der Waals surface area contributed by atoms with Crippen LogP contribution >= 0.6 is 0 Å². The third kappa shape index (κ3) is 4.58. The number of rotatable bonds is 5. The minimum absolute atomic E-state index is 0.189. The number of pyridine rings is 1. The van der Waals surface area contributed by atoms with Crippen molar-refractivity contribution in [2.75, 3.05) is 33.2 Å². The van der Waals surface area contributed by atoms with Crippen molar-refractivity contribution in [1.29, 1.82) is 0 Å². The van der Waals surface area contributed by atoms with E-state index in [1.54, 1.807) is 12.4 Å². The maximum absolute atomic E-state index is 12.2. The van der Waals surface area contributed by atoms with Gasteiger partial charge in [-0.25, -0.2) is 0 Å². The highest BCUT2D eigenvalue weighted by Gasteiger charge is 2.19. The molecule has 0 spiro atoms. The Labute approximate surface area is 120 Å². The fourth-order valence-corrected chi connectivity index (χ4v) is 2.39. The fraction of sp³-hybridized carbons (Fsp3) is 0.600. The number of amides is 1.